The molecular weight excluding hydrogens is 1540 g/mol. The summed E-state index contributed by atoms with van der Waals surface area (Å²) in [5.74, 6) is -3.02. The second-order valence-electron chi connectivity index (χ2n) is 21.3. The molecule has 0 aliphatic carbocycles. The average Bonchev–Trinajstić information content (AvgIpc) is 0.771. The van der Waals surface area contributed by atoms with E-state index < -0.39 is 136 Å². The fraction of sp³-hybridized carbons (Fsp3) is 0.107. The van der Waals surface area contributed by atoms with Crippen molar-refractivity contribution in [3.8, 4) is 11.5 Å². The molecule has 49 heteroatoms. The van der Waals surface area contributed by atoms with Gasteiger partial charge in [0.1, 0.15) is 42.3 Å². The van der Waals surface area contributed by atoms with Crippen molar-refractivity contribution in [2.45, 2.75) is 49.1 Å². The summed E-state index contributed by atoms with van der Waals surface area (Å²) in [6.45, 7) is 2.19. The van der Waals surface area contributed by atoms with Crippen molar-refractivity contribution in [3.05, 3.63) is 146 Å². The molecule has 0 saturated heterocycles. The van der Waals surface area contributed by atoms with Crippen LogP contribution in [0.15, 0.2) is 204 Å². The molecule has 10 rings (SSSR count). The smallest absolute Gasteiger partial charge is 0.315 e. The van der Waals surface area contributed by atoms with Crippen molar-refractivity contribution < 1.29 is 96.8 Å². The van der Waals surface area contributed by atoms with E-state index in [2.05, 4.69) is 92.1 Å². The fourth-order valence-electron chi connectivity index (χ4n) is 9.21. The first kappa shape index (κ1) is 84.3. The number of aromatic nitrogens is 6. The number of anilines is 6. The fourth-order valence-corrected chi connectivity index (χ4v) is 12.8. The maximum Gasteiger partial charge on any atom is 0.315 e. The standard InChI is InChI=1S/C56H46F2N18O20S6.K.Li.Na/c1-28(27-60-54-64-52(58)66-56(68-54)62-34-9-17-40-30(22-34)24-46(102(94,95)96)48(50(40)78)76-74-42-19-11-36(26-44(42)100(88,89)90)72-70-32-6-14-38(15-7-32)98(82,83)84)3-2-20-59-53-63-51(57)65-55(67-53)61-33-8-16-39-29(21-33)23-45(101(91,92)93)47(49(39)77)75-73-41-18-10-35(25-43(41)99(85,86)87)71-69-31-4-12-37(13-5-31)97(79,80)81;;;/h4-19,21-26,28,77-78H,2-3,20,27H2,1H3,(H,79,80,81)(H,82,83,84)(H,85,86,87)(H,88,89,90)(H,91,92,93)(H,94,95,96)(H2,59,61,63,65,67)(H2,60,62,64,66,68);;;. The third kappa shape index (κ3) is 22.1. The number of hydrogen-bond donors (Lipinski definition) is 12. The zero-order chi connectivity index (χ0) is 73.9. The molecule has 533 valence electrons. The van der Waals surface area contributed by atoms with Crippen LogP contribution in [0.5, 0.6) is 11.5 Å². The van der Waals surface area contributed by atoms with Gasteiger partial charge in [-0.1, -0.05) is 6.92 Å². The molecule has 0 fully saturated rings. The van der Waals surface area contributed by atoms with Gasteiger partial charge in [-0.3, -0.25) is 27.3 Å². The van der Waals surface area contributed by atoms with Crippen molar-refractivity contribution in [1.82, 2.24) is 29.9 Å². The molecule has 0 bridgehead atoms. The molecule has 2 heterocycles. The van der Waals surface area contributed by atoms with Gasteiger partial charge in [-0.05, 0) is 163 Å². The van der Waals surface area contributed by atoms with Gasteiger partial charge in [0.2, 0.25) is 23.8 Å². The minimum Gasteiger partial charge on any atom is -0.505 e. The third-order valence-electron chi connectivity index (χ3n) is 13.9. The van der Waals surface area contributed by atoms with Crippen molar-refractivity contribution in [3.63, 3.8) is 0 Å². The van der Waals surface area contributed by atoms with Gasteiger partial charge in [-0.25, -0.2) is 0 Å². The number of phenols is 2. The van der Waals surface area contributed by atoms with Crippen LogP contribution in [0.4, 0.5) is 89.4 Å². The molecule has 3 radical (unpaired) electrons. The number of hydrogen-bond acceptors (Lipinski definition) is 32. The Hall–Kier alpha value is -7.95. The molecule has 8 aromatic carbocycles. The molecule has 0 saturated carbocycles. The Bertz CT molecular complexity index is 5900. The first-order valence-electron chi connectivity index (χ1n) is 28.3. The summed E-state index contributed by atoms with van der Waals surface area (Å²) in [6, 6.07) is 24.2. The molecule has 1 unspecified atom stereocenters. The van der Waals surface area contributed by atoms with Crippen LogP contribution in [0, 0.1) is 18.1 Å². The number of halogens is 2. The van der Waals surface area contributed by atoms with E-state index in [4.69, 9.17) is 0 Å². The molecule has 2 aromatic heterocycles. The molecule has 0 aliphatic rings. The van der Waals surface area contributed by atoms with Crippen LogP contribution in [0.2, 0.25) is 0 Å². The first-order valence-corrected chi connectivity index (χ1v) is 36.9. The van der Waals surface area contributed by atoms with Crippen LogP contribution in [0.1, 0.15) is 19.8 Å². The molecule has 105 heavy (non-hydrogen) atoms. The van der Waals surface area contributed by atoms with E-state index in [-0.39, 0.29) is 198 Å². The summed E-state index contributed by atoms with van der Waals surface area (Å²) >= 11 is 0. The van der Waals surface area contributed by atoms with Crippen LogP contribution in [-0.2, 0) is 60.7 Å². The van der Waals surface area contributed by atoms with Crippen molar-refractivity contribution in [2.24, 2.45) is 46.8 Å². The van der Waals surface area contributed by atoms with E-state index in [0.717, 1.165) is 72.8 Å². The van der Waals surface area contributed by atoms with Crippen molar-refractivity contribution in [2.75, 3.05) is 34.4 Å². The number of nitrogens with zero attached hydrogens (tertiary/aromatic N) is 14. The zero-order valence-corrected chi connectivity index (χ0v) is 64.1. The van der Waals surface area contributed by atoms with Crippen molar-refractivity contribution >= 4 is 263 Å². The van der Waals surface area contributed by atoms with Crippen LogP contribution in [-0.4, -0.2) is 231 Å². The summed E-state index contributed by atoms with van der Waals surface area (Å²) in [7, 11) is -29.7. The van der Waals surface area contributed by atoms with Crippen molar-refractivity contribution in [1.29, 1.82) is 0 Å². The molecule has 10 aromatic rings. The Morgan fingerprint density at radius 3 is 1.13 bits per heavy atom. The van der Waals surface area contributed by atoms with Gasteiger partial charge >= 0.3 is 12.2 Å². The Kier molecular flexibility index (Phi) is 27.5. The quantitative estimate of drug-likeness (QED) is 0.0104. The number of azo groups is 4. The number of rotatable bonds is 26. The first-order chi connectivity index (χ1) is 47.8. The van der Waals surface area contributed by atoms with Crippen LogP contribution >= 0.6 is 0 Å². The number of fused-ring (bicyclic) bond motifs is 2. The zero-order valence-electron chi connectivity index (χ0n) is 54.1. The molecule has 0 amide bonds. The molecular formula is C56H46F2KLiN18NaO20S6. The monoisotopic (exact) mass is 1590 g/mol. The predicted octanol–water partition coefficient (Wildman–Crippen LogP) is 10.5. The van der Waals surface area contributed by atoms with Gasteiger partial charge in [-0.15, -0.1) is 20.5 Å². The number of phenolic OH excluding ortho intramolecular Hbond substituents is 2. The maximum absolute atomic E-state index is 14.8. The maximum atomic E-state index is 14.8. The van der Waals surface area contributed by atoms with E-state index in [0.29, 0.717) is 12.8 Å². The second kappa shape index (κ2) is 34.3. The van der Waals surface area contributed by atoms with Gasteiger partial charge < -0.3 is 31.5 Å². The minimum absolute atomic E-state index is 0. The summed E-state index contributed by atoms with van der Waals surface area (Å²) < 4.78 is 234. The molecule has 12 N–H and O–H groups in total. The molecule has 0 aliphatic heterocycles. The largest absolute Gasteiger partial charge is 0.505 e. The molecule has 1 atom stereocenters. The summed E-state index contributed by atoms with van der Waals surface area (Å²) in [6.07, 6.45) is -1.53. The van der Waals surface area contributed by atoms with Gasteiger partial charge in [-0.2, -0.15) is 110 Å². The predicted molar refractivity (Wildman–Crippen MR) is 371 cm³/mol. The Balaban J connectivity index is 0.00000513. The molecule has 38 nitrogen and oxygen atoms in total. The second-order valence-corrected chi connectivity index (χ2v) is 29.7. The number of nitrogens with one attached hydrogen (secondary N) is 4. The van der Waals surface area contributed by atoms with Crippen LogP contribution in [0.3, 0.4) is 0 Å². The Morgan fingerprint density at radius 1 is 0.410 bits per heavy atom. The van der Waals surface area contributed by atoms with E-state index in [1.807, 2.05) is 6.92 Å². The Labute approximate surface area is 669 Å². The number of benzene rings is 8. The average molecular weight is 1590 g/mol. The van der Waals surface area contributed by atoms with Gasteiger partial charge in [0, 0.05) is 135 Å². The van der Waals surface area contributed by atoms with Gasteiger partial charge in [0.05, 0.1) is 32.5 Å². The normalized spacial score (nSPS) is 12.7. The van der Waals surface area contributed by atoms with E-state index >= 15 is 0 Å². The summed E-state index contributed by atoms with van der Waals surface area (Å²) in [4.78, 5) is 18.2. The Morgan fingerprint density at radius 2 is 0.762 bits per heavy atom. The molecule has 0 spiro atoms. The van der Waals surface area contributed by atoms with Gasteiger partial charge in [0.15, 0.2) is 11.5 Å². The summed E-state index contributed by atoms with van der Waals surface area (Å²) in [5, 5.41) is 63.8. The number of aromatic hydroxyl groups is 2. The summed E-state index contributed by atoms with van der Waals surface area (Å²) in [5.41, 5.74) is -2.99. The minimum atomic E-state index is -5.24. The topological polar surface area (TPSA) is 591 Å². The third-order valence-corrected chi connectivity index (χ3v) is 19.2. The van der Waals surface area contributed by atoms with E-state index in [1.54, 1.807) is 0 Å². The van der Waals surface area contributed by atoms with Gasteiger partial charge in [0.25, 0.3) is 60.7 Å². The van der Waals surface area contributed by atoms with E-state index in [1.165, 1.54) is 60.7 Å². The van der Waals surface area contributed by atoms with E-state index in [9.17, 15) is 96.8 Å². The SMILES string of the molecule is CC(CCCNc1nc(F)nc(Nc2ccc3c(O)c(N=Nc4ccc(N=Nc5ccc(S(=O)(=O)O)cc5)cc4S(=O)(=O)O)c(S(=O)(=O)O)cc3c2)n1)CNc1nc(F)nc(Nc2ccc3c(O)c(N=Nc4ccc(N=Nc5ccc(S(=O)(=O)O)cc5)cc4S(=O)(=O)O)c(S(=O)(=O)O)cc3c2)n1.[K].[Li].[Na]. The van der Waals surface area contributed by atoms with Crippen LogP contribution in [0.25, 0.3) is 21.5 Å². The van der Waals surface area contributed by atoms with Crippen LogP contribution < -0.4 is 21.3 Å².